The zero-order valence-electron chi connectivity index (χ0n) is 19.8. The first-order chi connectivity index (χ1) is 17.6. The molecule has 2 aromatic heterocycles. The van der Waals surface area contributed by atoms with Gasteiger partial charge in [-0.25, -0.2) is 8.42 Å². The van der Waals surface area contributed by atoms with E-state index in [9.17, 15) is 21.6 Å². The van der Waals surface area contributed by atoms with Crippen molar-refractivity contribution >= 4 is 21.4 Å². The van der Waals surface area contributed by atoms with Crippen molar-refractivity contribution in [3.63, 3.8) is 0 Å². The zero-order valence-corrected chi connectivity index (χ0v) is 21.4. The third-order valence-electron chi connectivity index (χ3n) is 7.04. The molecule has 6 nitrogen and oxygen atoms in total. The molecule has 0 atom stereocenters. The molecule has 0 amide bonds. The number of benzene rings is 2. The standard InChI is InChI=1S/C26H23F3N4O2S2/c1-31-23(26(27,28)29)16-21(30-31)22-10-11-24(36-22)37(34,35)33-14-12-32(13-15-33)25-19-8-4-2-6-17(19)18-7-3-5-9-20(18)25/h2-11,16,25H,12-15H2,1H3. The molecule has 0 radical (unpaired) electrons. The number of sulfonamides is 1. The Bertz CT molecular complexity index is 1540. The van der Waals surface area contributed by atoms with Crippen LogP contribution in [0.4, 0.5) is 13.2 Å². The number of fused-ring (bicyclic) bond motifs is 3. The average molecular weight is 545 g/mol. The molecular weight excluding hydrogens is 521 g/mol. The van der Waals surface area contributed by atoms with Crippen LogP contribution in [0, 0.1) is 0 Å². The molecule has 11 heteroatoms. The summed E-state index contributed by atoms with van der Waals surface area (Å²) in [4.78, 5) is 2.70. The predicted molar refractivity (Wildman–Crippen MR) is 136 cm³/mol. The van der Waals surface area contributed by atoms with Crippen LogP contribution < -0.4 is 0 Å². The maximum atomic E-state index is 13.4. The van der Waals surface area contributed by atoms with Crippen molar-refractivity contribution in [3.05, 3.63) is 83.6 Å². The molecule has 0 N–H and O–H groups in total. The number of hydrogen-bond donors (Lipinski definition) is 0. The van der Waals surface area contributed by atoms with Gasteiger partial charge in [-0.15, -0.1) is 11.3 Å². The first kappa shape index (κ1) is 24.4. The highest BCUT2D eigenvalue weighted by atomic mass is 32.2. The van der Waals surface area contributed by atoms with Gasteiger partial charge in [-0.3, -0.25) is 9.58 Å². The lowest BCUT2D eigenvalue weighted by Crippen LogP contribution is -2.49. The normalized spacial score (nSPS) is 17.2. The van der Waals surface area contributed by atoms with Crippen molar-refractivity contribution in [1.82, 2.24) is 19.0 Å². The van der Waals surface area contributed by atoms with E-state index in [1.165, 1.54) is 45.7 Å². The highest BCUT2D eigenvalue weighted by Gasteiger charge is 2.38. The Hall–Kier alpha value is -2.99. The van der Waals surface area contributed by atoms with E-state index in [0.29, 0.717) is 31.1 Å². The summed E-state index contributed by atoms with van der Waals surface area (Å²) in [5, 5.41) is 3.94. The molecule has 2 aromatic carbocycles. The fourth-order valence-corrected chi connectivity index (χ4v) is 8.14. The second-order valence-electron chi connectivity index (χ2n) is 9.17. The van der Waals surface area contributed by atoms with Gasteiger partial charge in [0.15, 0.2) is 0 Å². The highest BCUT2D eigenvalue weighted by molar-refractivity contribution is 7.91. The van der Waals surface area contributed by atoms with Crippen LogP contribution in [0.2, 0.25) is 0 Å². The first-order valence-corrected chi connectivity index (χ1v) is 14.0. The predicted octanol–water partition coefficient (Wildman–Crippen LogP) is 5.24. The van der Waals surface area contributed by atoms with Crippen molar-refractivity contribution in [2.75, 3.05) is 26.2 Å². The minimum atomic E-state index is -4.54. The highest BCUT2D eigenvalue weighted by Crippen LogP contribution is 2.46. The summed E-state index contributed by atoms with van der Waals surface area (Å²) in [5.41, 5.74) is 4.11. The SMILES string of the molecule is Cn1nc(-c2ccc(S(=O)(=O)N3CCN(C4c5ccccc5-c5ccccc54)CC3)s2)cc1C(F)(F)F. The molecule has 3 heterocycles. The number of hydrogen-bond acceptors (Lipinski definition) is 5. The van der Waals surface area contributed by atoms with Gasteiger partial charge in [0, 0.05) is 33.2 Å². The molecule has 37 heavy (non-hydrogen) atoms. The van der Waals surface area contributed by atoms with Gasteiger partial charge in [-0.2, -0.15) is 22.6 Å². The lowest BCUT2D eigenvalue weighted by molar-refractivity contribution is -0.143. The minimum Gasteiger partial charge on any atom is -0.290 e. The van der Waals surface area contributed by atoms with E-state index >= 15 is 0 Å². The maximum absolute atomic E-state index is 13.4. The van der Waals surface area contributed by atoms with E-state index in [2.05, 4.69) is 34.3 Å². The Balaban J connectivity index is 1.21. The fraction of sp³-hybridized carbons (Fsp3) is 0.269. The van der Waals surface area contributed by atoms with Gasteiger partial charge in [-0.1, -0.05) is 48.5 Å². The summed E-state index contributed by atoms with van der Waals surface area (Å²) >= 11 is 0.940. The van der Waals surface area contributed by atoms with Crippen molar-refractivity contribution < 1.29 is 21.6 Å². The molecule has 1 fully saturated rings. The van der Waals surface area contributed by atoms with Gasteiger partial charge in [0.05, 0.1) is 10.9 Å². The van der Waals surface area contributed by atoms with Gasteiger partial charge in [0.1, 0.15) is 15.6 Å². The van der Waals surface area contributed by atoms with E-state index < -0.39 is 21.9 Å². The number of piperazine rings is 1. The van der Waals surface area contributed by atoms with E-state index in [1.807, 2.05) is 24.3 Å². The average Bonchev–Trinajstić information content (AvgIpc) is 3.60. The van der Waals surface area contributed by atoms with Gasteiger partial charge in [0.25, 0.3) is 10.0 Å². The molecule has 1 aliphatic carbocycles. The van der Waals surface area contributed by atoms with Crippen LogP contribution in [-0.4, -0.2) is 53.6 Å². The van der Waals surface area contributed by atoms with E-state index in [4.69, 9.17) is 0 Å². The van der Waals surface area contributed by atoms with Gasteiger partial charge in [-0.05, 0) is 40.5 Å². The van der Waals surface area contributed by atoms with Crippen LogP contribution in [0.3, 0.4) is 0 Å². The maximum Gasteiger partial charge on any atom is 0.433 e. The lowest BCUT2D eigenvalue weighted by atomic mass is 10.0. The Kier molecular flexibility index (Phi) is 5.79. The van der Waals surface area contributed by atoms with Gasteiger partial charge in [0.2, 0.25) is 0 Å². The van der Waals surface area contributed by atoms with Crippen LogP contribution in [0.5, 0.6) is 0 Å². The summed E-state index contributed by atoms with van der Waals surface area (Å²) in [5.74, 6) is 0. The Morgan fingerprint density at radius 2 is 1.49 bits per heavy atom. The first-order valence-electron chi connectivity index (χ1n) is 11.8. The van der Waals surface area contributed by atoms with Crippen LogP contribution >= 0.6 is 11.3 Å². The lowest BCUT2D eigenvalue weighted by Gasteiger charge is -2.38. The number of aryl methyl sites for hydroxylation is 1. The third-order valence-corrected chi connectivity index (χ3v) is 10.5. The number of rotatable bonds is 4. The summed E-state index contributed by atoms with van der Waals surface area (Å²) in [6.07, 6.45) is -4.54. The molecule has 0 unspecified atom stereocenters. The summed E-state index contributed by atoms with van der Waals surface area (Å²) in [6, 6.07) is 20.7. The zero-order chi connectivity index (χ0) is 25.9. The van der Waals surface area contributed by atoms with Gasteiger partial charge >= 0.3 is 6.18 Å². The molecule has 2 aliphatic rings. The van der Waals surface area contributed by atoms with E-state index in [-0.39, 0.29) is 15.9 Å². The molecule has 1 saturated heterocycles. The van der Waals surface area contributed by atoms with Gasteiger partial charge < -0.3 is 0 Å². The smallest absolute Gasteiger partial charge is 0.290 e. The van der Waals surface area contributed by atoms with Crippen LogP contribution in [0.15, 0.2) is 70.9 Å². The summed E-state index contributed by atoms with van der Waals surface area (Å²) in [6.45, 7) is 1.80. The Labute approximate surface area is 216 Å². The van der Waals surface area contributed by atoms with Crippen LogP contribution in [0.1, 0.15) is 22.9 Å². The molecule has 0 spiro atoms. The molecule has 0 saturated carbocycles. The number of nitrogens with zero attached hydrogens (tertiary/aromatic N) is 4. The van der Waals surface area contributed by atoms with Crippen molar-refractivity contribution in [2.45, 2.75) is 16.4 Å². The molecule has 6 rings (SSSR count). The number of alkyl halides is 3. The summed E-state index contributed by atoms with van der Waals surface area (Å²) in [7, 11) is -2.56. The van der Waals surface area contributed by atoms with Crippen LogP contribution in [0.25, 0.3) is 21.7 Å². The van der Waals surface area contributed by atoms with Crippen molar-refractivity contribution in [2.24, 2.45) is 7.05 Å². The van der Waals surface area contributed by atoms with E-state index in [0.717, 1.165) is 22.1 Å². The fourth-order valence-electron chi connectivity index (χ4n) is 5.30. The second-order valence-corrected chi connectivity index (χ2v) is 12.4. The molecule has 1 aliphatic heterocycles. The van der Waals surface area contributed by atoms with Crippen molar-refractivity contribution in [1.29, 1.82) is 0 Å². The summed E-state index contributed by atoms with van der Waals surface area (Å²) < 4.78 is 68.6. The second kappa shape index (κ2) is 8.80. The molecule has 192 valence electrons. The largest absolute Gasteiger partial charge is 0.433 e. The molecule has 4 aromatic rings. The molecular formula is C26H23F3N4O2S2. The quantitative estimate of drug-likeness (QED) is 0.353. The number of aromatic nitrogens is 2. The Morgan fingerprint density at radius 1 is 0.892 bits per heavy atom. The minimum absolute atomic E-state index is 0.0811. The molecule has 0 bridgehead atoms. The van der Waals surface area contributed by atoms with Crippen LogP contribution in [-0.2, 0) is 23.2 Å². The number of halogens is 3. The number of thiophene rings is 1. The van der Waals surface area contributed by atoms with E-state index in [1.54, 1.807) is 0 Å². The topological polar surface area (TPSA) is 58.4 Å². The Morgan fingerprint density at radius 3 is 2.05 bits per heavy atom. The third kappa shape index (κ3) is 4.10. The van der Waals surface area contributed by atoms with Crippen molar-refractivity contribution in [3.8, 4) is 21.7 Å². The monoisotopic (exact) mass is 544 g/mol.